The predicted molar refractivity (Wildman–Crippen MR) is 91.9 cm³/mol. The first kappa shape index (κ1) is 15.5. The first-order valence-corrected chi connectivity index (χ1v) is 8.05. The van der Waals surface area contributed by atoms with Crippen LogP contribution in [0.5, 0.6) is 0 Å². The maximum absolute atomic E-state index is 11.7. The predicted octanol–water partition coefficient (Wildman–Crippen LogP) is 4.00. The van der Waals surface area contributed by atoms with Gasteiger partial charge in [-0.2, -0.15) is 0 Å². The Morgan fingerprint density at radius 2 is 1.83 bits per heavy atom. The molecule has 5 heteroatoms. The van der Waals surface area contributed by atoms with Gasteiger partial charge in [-0.15, -0.1) is 10.2 Å². The Kier molecular flexibility index (Phi) is 4.28. The fourth-order valence-corrected chi connectivity index (χ4v) is 2.51. The normalized spacial score (nSPS) is 13.9. The van der Waals surface area contributed by atoms with Crippen molar-refractivity contribution < 1.29 is 4.79 Å². The minimum Gasteiger partial charge on any atom is -0.338 e. The number of anilines is 3. The number of hydrogen-bond donors (Lipinski definition) is 2. The molecule has 1 aliphatic rings. The van der Waals surface area contributed by atoms with Crippen LogP contribution in [0.25, 0.3) is 0 Å². The lowest BCUT2D eigenvalue weighted by atomic mass is 9.98. The van der Waals surface area contributed by atoms with Crippen LogP contribution in [0.1, 0.15) is 43.7 Å². The lowest BCUT2D eigenvalue weighted by Crippen LogP contribution is -2.14. The molecule has 0 spiro atoms. The molecule has 23 heavy (non-hydrogen) atoms. The number of carbonyl (C=O) groups is 1. The Balaban J connectivity index is 1.74. The molecule has 1 heterocycles. The highest BCUT2D eigenvalue weighted by molar-refractivity contribution is 5.93. The lowest BCUT2D eigenvalue weighted by molar-refractivity contribution is -0.117. The Morgan fingerprint density at radius 3 is 2.43 bits per heavy atom. The molecule has 120 valence electrons. The largest absolute Gasteiger partial charge is 0.338 e. The van der Waals surface area contributed by atoms with E-state index in [9.17, 15) is 4.79 Å². The maximum atomic E-state index is 11.7. The summed E-state index contributed by atoms with van der Waals surface area (Å²) in [4.78, 5) is 11.7. The van der Waals surface area contributed by atoms with Crippen molar-refractivity contribution in [3.8, 4) is 0 Å². The van der Waals surface area contributed by atoms with Crippen molar-refractivity contribution in [2.24, 2.45) is 5.92 Å². The van der Waals surface area contributed by atoms with Gasteiger partial charge in [0, 0.05) is 11.6 Å². The van der Waals surface area contributed by atoms with E-state index in [-0.39, 0.29) is 11.8 Å². The first-order chi connectivity index (χ1) is 11.0. The van der Waals surface area contributed by atoms with E-state index in [0.29, 0.717) is 17.6 Å². The molecule has 0 aliphatic heterocycles. The number of hydrogen-bond acceptors (Lipinski definition) is 4. The summed E-state index contributed by atoms with van der Waals surface area (Å²) in [5.41, 5.74) is 3.49. The molecule has 2 N–H and O–H groups in total. The number of carbonyl (C=O) groups excluding carboxylic acids is 1. The van der Waals surface area contributed by atoms with Crippen LogP contribution in [0.2, 0.25) is 0 Å². The van der Waals surface area contributed by atoms with Crippen molar-refractivity contribution in [1.29, 1.82) is 0 Å². The average molecular weight is 310 g/mol. The molecule has 1 amide bonds. The van der Waals surface area contributed by atoms with Gasteiger partial charge >= 0.3 is 0 Å². The quantitative estimate of drug-likeness (QED) is 0.876. The molecule has 0 atom stereocenters. The highest BCUT2D eigenvalue weighted by Crippen LogP contribution is 2.31. The third kappa shape index (κ3) is 3.67. The second-order valence-corrected chi connectivity index (χ2v) is 6.39. The van der Waals surface area contributed by atoms with Crippen LogP contribution in [0.3, 0.4) is 0 Å². The van der Waals surface area contributed by atoms with Gasteiger partial charge in [0.05, 0.1) is 0 Å². The van der Waals surface area contributed by atoms with Crippen LogP contribution >= 0.6 is 0 Å². The molecule has 0 bridgehead atoms. The van der Waals surface area contributed by atoms with E-state index in [0.717, 1.165) is 18.5 Å². The minimum atomic E-state index is 0.0426. The summed E-state index contributed by atoms with van der Waals surface area (Å²) >= 11 is 0. The molecular formula is C18H22N4O. The van der Waals surface area contributed by atoms with Crippen molar-refractivity contribution in [2.45, 2.75) is 39.5 Å². The van der Waals surface area contributed by atoms with Crippen molar-refractivity contribution in [3.63, 3.8) is 0 Å². The van der Waals surface area contributed by atoms with E-state index in [1.807, 2.05) is 6.07 Å². The highest BCUT2D eigenvalue weighted by Gasteiger charge is 2.29. The van der Waals surface area contributed by atoms with Crippen molar-refractivity contribution in [3.05, 3.63) is 41.5 Å². The SMILES string of the molecule is Cc1cccc(C(C)C)c1Nc1ccc(NC(=O)C2CC2)nn1. The van der Waals surface area contributed by atoms with E-state index in [1.165, 1.54) is 11.1 Å². The van der Waals surface area contributed by atoms with Gasteiger partial charge < -0.3 is 10.6 Å². The van der Waals surface area contributed by atoms with Crippen molar-refractivity contribution in [2.75, 3.05) is 10.6 Å². The third-order valence-corrected chi connectivity index (χ3v) is 4.04. The molecule has 0 saturated heterocycles. The van der Waals surface area contributed by atoms with Gasteiger partial charge in [-0.3, -0.25) is 4.79 Å². The molecule has 0 unspecified atom stereocenters. The molecule has 1 aliphatic carbocycles. The second-order valence-electron chi connectivity index (χ2n) is 6.39. The summed E-state index contributed by atoms with van der Waals surface area (Å²) < 4.78 is 0. The number of aryl methyl sites for hydroxylation is 1. The monoisotopic (exact) mass is 310 g/mol. The van der Waals surface area contributed by atoms with Crippen LogP contribution in [-0.4, -0.2) is 16.1 Å². The zero-order chi connectivity index (χ0) is 16.4. The third-order valence-electron chi connectivity index (χ3n) is 4.04. The number of para-hydroxylation sites is 1. The molecule has 2 aromatic rings. The summed E-state index contributed by atoms with van der Waals surface area (Å²) in [6.45, 7) is 6.41. The summed E-state index contributed by atoms with van der Waals surface area (Å²) in [7, 11) is 0. The number of nitrogens with zero attached hydrogens (tertiary/aromatic N) is 2. The van der Waals surface area contributed by atoms with Crippen molar-refractivity contribution in [1.82, 2.24) is 10.2 Å². The average Bonchev–Trinajstić information content (AvgIpc) is 3.35. The van der Waals surface area contributed by atoms with E-state index in [2.05, 4.69) is 59.8 Å². The summed E-state index contributed by atoms with van der Waals surface area (Å²) in [6.07, 6.45) is 1.95. The Morgan fingerprint density at radius 1 is 1.13 bits per heavy atom. The summed E-state index contributed by atoms with van der Waals surface area (Å²) in [5, 5.41) is 14.4. The van der Waals surface area contributed by atoms with Gasteiger partial charge in [0.15, 0.2) is 11.6 Å². The smallest absolute Gasteiger partial charge is 0.228 e. The van der Waals surface area contributed by atoms with E-state index >= 15 is 0 Å². The summed E-state index contributed by atoms with van der Waals surface area (Å²) in [5.74, 6) is 1.80. The second kappa shape index (κ2) is 6.36. The molecule has 5 nitrogen and oxygen atoms in total. The van der Waals surface area contributed by atoms with Gasteiger partial charge in [0.1, 0.15) is 0 Å². The van der Waals surface area contributed by atoms with E-state index < -0.39 is 0 Å². The van der Waals surface area contributed by atoms with Crippen LogP contribution in [0.4, 0.5) is 17.3 Å². The molecule has 1 saturated carbocycles. The van der Waals surface area contributed by atoms with Crippen molar-refractivity contribution >= 4 is 23.2 Å². The standard InChI is InChI=1S/C18H22N4O/c1-11(2)14-6-4-5-12(3)17(14)19-15-9-10-16(22-21-15)20-18(23)13-7-8-13/h4-6,9-11,13H,7-8H2,1-3H3,(H,19,21)(H,20,22,23). The molecule has 3 rings (SSSR count). The molecule has 1 fully saturated rings. The fraction of sp³-hybridized carbons (Fsp3) is 0.389. The number of aromatic nitrogens is 2. The fourth-order valence-electron chi connectivity index (χ4n) is 2.51. The summed E-state index contributed by atoms with van der Waals surface area (Å²) in [6, 6.07) is 9.89. The zero-order valence-electron chi connectivity index (χ0n) is 13.8. The zero-order valence-corrected chi connectivity index (χ0v) is 13.8. The van der Waals surface area contributed by atoms with Gasteiger partial charge in [-0.05, 0) is 48.9 Å². The molecular weight excluding hydrogens is 288 g/mol. The Bertz CT molecular complexity index is 705. The van der Waals surface area contributed by atoms with Crippen LogP contribution < -0.4 is 10.6 Å². The highest BCUT2D eigenvalue weighted by atomic mass is 16.2. The van der Waals surface area contributed by atoms with Gasteiger partial charge in [0.2, 0.25) is 5.91 Å². The number of nitrogens with one attached hydrogen (secondary N) is 2. The number of amides is 1. The van der Waals surface area contributed by atoms with E-state index in [1.54, 1.807) is 6.07 Å². The molecule has 0 radical (unpaired) electrons. The Hall–Kier alpha value is -2.43. The Labute approximate surface area is 136 Å². The number of benzene rings is 1. The van der Waals surface area contributed by atoms with Crippen LogP contribution in [0, 0.1) is 12.8 Å². The number of rotatable bonds is 5. The molecule has 1 aromatic carbocycles. The van der Waals surface area contributed by atoms with Gasteiger partial charge in [-0.25, -0.2) is 0 Å². The lowest BCUT2D eigenvalue weighted by Gasteiger charge is -2.16. The topological polar surface area (TPSA) is 66.9 Å². The van der Waals surface area contributed by atoms with Crippen LogP contribution in [-0.2, 0) is 4.79 Å². The minimum absolute atomic E-state index is 0.0426. The van der Waals surface area contributed by atoms with Gasteiger partial charge in [-0.1, -0.05) is 32.0 Å². The van der Waals surface area contributed by atoms with Crippen LogP contribution in [0.15, 0.2) is 30.3 Å². The van der Waals surface area contributed by atoms with Gasteiger partial charge in [0.25, 0.3) is 0 Å². The maximum Gasteiger partial charge on any atom is 0.228 e. The molecule has 1 aromatic heterocycles. The van der Waals surface area contributed by atoms with E-state index in [4.69, 9.17) is 0 Å². The first-order valence-electron chi connectivity index (χ1n) is 8.05.